The Morgan fingerprint density at radius 1 is 1.03 bits per heavy atom. The van der Waals surface area contributed by atoms with Gasteiger partial charge in [0.05, 0.1) is 39.4 Å². The minimum atomic E-state index is -0.501. The predicted molar refractivity (Wildman–Crippen MR) is 127 cm³/mol. The lowest BCUT2D eigenvalue weighted by molar-refractivity contribution is -0.129. The minimum Gasteiger partial charge on any atom is -0.497 e. The summed E-state index contributed by atoms with van der Waals surface area (Å²) in [6.45, 7) is 1.21. The summed E-state index contributed by atoms with van der Waals surface area (Å²) in [5, 5.41) is 3.07. The van der Waals surface area contributed by atoms with Gasteiger partial charge in [-0.1, -0.05) is 6.07 Å². The first kappa shape index (κ1) is 23.9. The Labute approximate surface area is 200 Å². The number of hydrogen-bond donors (Lipinski definition) is 1. The van der Waals surface area contributed by atoms with E-state index in [1.165, 1.54) is 0 Å². The van der Waals surface area contributed by atoms with E-state index in [9.17, 15) is 9.59 Å². The van der Waals surface area contributed by atoms with Gasteiger partial charge >= 0.3 is 0 Å². The summed E-state index contributed by atoms with van der Waals surface area (Å²) in [6.07, 6.45) is 2.75. The van der Waals surface area contributed by atoms with Gasteiger partial charge in [-0.3, -0.25) is 9.59 Å². The lowest BCUT2D eigenvalue weighted by atomic mass is 9.83. The second kappa shape index (κ2) is 10.8. The maximum atomic E-state index is 13.4. The molecular formula is C26H32N2O6. The van der Waals surface area contributed by atoms with Gasteiger partial charge in [-0.25, -0.2) is 0 Å². The second-order valence-corrected chi connectivity index (χ2v) is 8.55. The summed E-state index contributed by atoms with van der Waals surface area (Å²) in [7, 11) is 4.75. The van der Waals surface area contributed by atoms with E-state index in [2.05, 4.69) is 5.32 Å². The molecule has 0 bridgehead atoms. The van der Waals surface area contributed by atoms with Gasteiger partial charge in [0.2, 0.25) is 11.8 Å². The van der Waals surface area contributed by atoms with Crippen molar-refractivity contribution in [3.63, 3.8) is 0 Å². The molecule has 0 spiro atoms. The highest BCUT2D eigenvalue weighted by atomic mass is 16.5. The van der Waals surface area contributed by atoms with Gasteiger partial charge in [-0.2, -0.15) is 0 Å². The van der Waals surface area contributed by atoms with E-state index in [1.54, 1.807) is 32.3 Å². The Bertz CT molecular complexity index is 1000. The molecule has 0 saturated carbocycles. The molecule has 182 valence electrons. The molecule has 2 amide bonds. The molecule has 2 aromatic rings. The number of nitrogens with one attached hydrogen (secondary N) is 1. The number of hydrogen-bond acceptors (Lipinski definition) is 6. The zero-order chi connectivity index (χ0) is 24.1. The monoisotopic (exact) mass is 468 g/mol. The van der Waals surface area contributed by atoms with Crippen molar-refractivity contribution in [2.75, 3.05) is 39.4 Å². The number of carbonyl (C=O) groups excluding carboxylic acids is 2. The van der Waals surface area contributed by atoms with Crippen LogP contribution in [0.5, 0.6) is 17.2 Å². The van der Waals surface area contributed by atoms with Crippen LogP contribution in [0.15, 0.2) is 42.5 Å². The highest BCUT2D eigenvalue weighted by molar-refractivity contribution is 5.97. The molecule has 4 rings (SSSR count). The Hall–Kier alpha value is -3.26. The number of rotatable bonds is 8. The number of benzene rings is 2. The van der Waals surface area contributed by atoms with Crippen molar-refractivity contribution in [3.05, 3.63) is 48.0 Å². The van der Waals surface area contributed by atoms with Crippen LogP contribution < -0.4 is 24.4 Å². The van der Waals surface area contributed by atoms with Gasteiger partial charge in [0.15, 0.2) is 11.5 Å². The largest absolute Gasteiger partial charge is 0.497 e. The number of nitrogens with zero attached hydrogens (tertiary/aromatic N) is 1. The molecule has 0 radical (unpaired) electrons. The van der Waals surface area contributed by atoms with Crippen LogP contribution in [0.1, 0.15) is 37.3 Å². The molecular weight excluding hydrogens is 436 g/mol. The van der Waals surface area contributed by atoms with Crippen molar-refractivity contribution < 1.29 is 28.5 Å². The fraction of sp³-hybridized carbons (Fsp3) is 0.462. The topological polar surface area (TPSA) is 86.3 Å². The summed E-state index contributed by atoms with van der Waals surface area (Å²) in [6, 6.07) is 12.4. The quantitative estimate of drug-likeness (QED) is 0.638. The maximum absolute atomic E-state index is 13.4. The van der Waals surface area contributed by atoms with Gasteiger partial charge in [-0.15, -0.1) is 0 Å². The highest BCUT2D eigenvalue weighted by Crippen LogP contribution is 2.42. The molecule has 0 unspecified atom stereocenters. The molecule has 2 heterocycles. The molecule has 2 fully saturated rings. The van der Waals surface area contributed by atoms with Crippen molar-refractivity contribution in [1.82, 2.24) is 5.32 Å². The lowest BCUT2D eigenvalue weighted by Crippen LogP contribution is -2.49. The van der Waals surface area contributed by atoms with Crippen molar-refractivity contribution in [3.8, 4) is 17.2 Å². The fourth-order valence-corrected chi connectivity index (χ4v) is 4.78. The van der Waals surface area contributed by atoms with Crippen LogP contribution in [0.4, 0.5) is 5.69 Å². The zero-order valence-electron chi connectivity index (χ0n) is 19.9. The van der Waals surface area contributed by atoms with Gasteiger partial charge in [0.25, 0.3) is 0 Å². The second-order valence-electron chi connectivity index (χ2n) is 8.55. The van der Waals surface area contributed by atoms with E-state index in [0.717, 1.165) is 25.0 Å². The molecule has 0 aromatic heterocycles. The van der Waals surface area contributed by atoms with Gasteiger partial charge in [0, 0.05) is 25.3 Å². The number of amides is 2. The third-order valence-electron chi connectivity index (χ3n) is 6.56. The van der Waals surface area contributed by atoms with E-state index in [0.29, 0.717) is 35.9 Å². The molecule has 3 atom stereocenters. The molecule has 0 aliphatic carbocycles. The average Bonchev–Trinajstić information content (AvgIpc) is 3.40. The van der Waals surface area contributed by atoms with Crippen LogP contribution in [0.2, 0.25) is 0 Å². The molecule has 2 aliphatic rings. The summed E-state index contributed by atoms with van der Waals surface area (Å²) in [5.41, 5.74) is 1.51. The first-order valence-electron chi connectivity index (χ1n) is 11.6. The summed E-state index contributed by atoms with van der Waals surface area (Å²) in [4.78, 5) is 28.4. The van der Waals surface area contributed by atoms with Crippen molar-refractivity contribution >= 4 is 17.5 Å². The highest BCUT2D eigenvalue weighted by Gasteiger charge is 2.42. The number of methoxy groups -OCH3 is 3. The summed E-state index contributed by atoms with van der Waals surface area (Å²) < 4.78 is 21.9. The normalized spacial score (nSPS) is 22.4. The maximum Gasteiger partial charge on any atom is 0.227 e. The Kier molecular flexibility index (Phi) is 7.57. The van der Waals surface area contributed by atoms with Crippen LogP contribution in [-0.4, -0.2) is 52.4 Å². The van der Waals surface area contributed by atoms with Gasteiger partial charge < -0.3 is 29.2 Å². The first-order chi connectivity index (χ1) is 16.5. The fourth-order valence-electron chi connectivity index (χ4n) is 4.78. The van der Waals surface area contributed by atoms with Crippen LogP contribution in [0.3, 0.4) is 0 Å². The van der Waals surface area contributed by atoms with Gasteiger partial charge in [-0.05, 0) is 61.2 Å². The SMILES string of the molecule is COc1ccc(N2C(=O)CC[C@H](C(=O)NC[C@@H]3CCCO3)[C@H]2c2ccc(OC)c(OC)c2)cc1. The number of carbonyl (C=O) groups is 2. The van der Waals surface area contributed by atoms with E-state index in [4.69, 9.17) is 18.9 Å². The van der Waals surface area contributed by atoms with Crippen molar-refractivity contribution in [2.45, 2.75) is 37.8 Å². The average molecular weight is 469 g/mol. The molecule has 8 heteroatoms. The number of ether oxygens (including phenoxy) is 4. The smallest absolute Gasteiger partial charge is 0.227 e. The molecule has 34 heavy (non-hydrogen) atoms. The van der Waals surface area contributed by atoms with Crippen LogP contribution in [0.25, 0.3) is 0 Å². The summed E-state index contributed by atoms with van der Waals surface area (Å²) >= 11 is 0. The van der Waals surface area contributed by atoms with E-state index in [-0.39, 0.29) is 24.3 Å². The standard InChI is InChI=1S/C26H32N2O6/c1-31-19-9-7-18(8-10-19)28-24(29)13-11-21(26(30)27-16-20-5-4-14-34-20)25(28)17-6-12-22(32-2)23(15-17)33-3/h6-10,12,15,20-21,25H,4-5,11,13-14,16H2,1-3H3,(H,27,30)/t20-,21-,25+/m0/s1. The molecule has 2 saturated heterocycles. The lowest BCUT2D eigenvalue weighted by Gasteiger charge is -2.41. The number of anilines is 1. The van der Waals surface area contributed by atoms with E-state index < -0.39 is 12.0 Å². The van der Waals surface area contributed by atoms with E-state index in [1.807, 2.05) is 36.4 Å². The van der Waals surface area contributed by atoms with Crippen molar-refractivity contribution in [2.24, 2.45) is 5.92 Å². The Balaban J connectivity index is 1.70. The first-order valence-corrected chi connectivity index (χ1v) is 11.6. The third-order valence-corrected chi connectivity index (χ3v) is 6.56. The Morgan fingerprint density at radius 3 is 2.44 bits per heavy atom. The predicted octanol–water partition coefficient (Wildman–Crippen LogP) is 3.49. The Morgan fingerprint density at radius 2 is 1.79 bits per heavy atom. The number of piperidine rings is 1. The molecule has 2 aliphatic heterocycles. The minimum absolute atomic E-state index is 0.0341. The van der Waals surface area contributed by atoms with Crippen LogP contribution in [-0.2, 0) is 14.3 Å². The van der Waals surface area contributed by atoms with Gasteiger partial charge in [0.1, 0.15) is 5.75 Å². The van der Waals surface area contributed by atoms with Crippen LogP contribution in [0, 0.1) is 5.92 Å². The molecule has 8 nitrogen and oxygen atoms in total. The van der Waals surface area contributed by atoms with Crippen molar-refractivity contribution in [1.29, 1.82) is 0 Å². The summed E-state index contributed by atoms with van der Waals surface area (Å²) in [5.74, 6) is 1.28. The van der Waals surface area contributed by atoms with Crippen LogP contribution >= 0.6 is 0 Å². The third kappa shape index (κ3) is 4.97. The zero-order valence-corrected chi connectivity index (χ0v) is 19.9. The molecule has 2 aromatic carbocycles. The van der Waals surface area contributed by atoms with E-state index >= 15 is 0 Å². The molecule has 1 N–H and O–H groups in total.